The van der Waals surface area contributed by atoms with Gasteiger partial charge >= 0.3 is 0 Å². The van der Waals surface area contributed by atoms with Crippen LogP contribution in [0.2, 0.25) is 0 Å². The molecule has 0 amide bonds. The first-order valence-corrected chi connectivity index (χ1v) is 5.78. The lowest BCUT2D eigenvalue weighted by molar-refractivity contribution is 0.00525. The Morgan fingerprint density at radius 1 is 0.867 bits per heavy atom. The Morgan fingerprint density at radius 3 is 2.07 bits per heavy atom. The number of unbranched alkanes of at least 4 members (excludes halogenated alkanes) is 5. The molecule has 0 aromatic rings. The molecule has 0 aliphatic rings. The van der Waals surface area contributed by atoms with Gasteiger partial charge in [-0.3, -0.25) is 0 Å². The van der Waals surface area contributed by atoms with Crippen LogP contribution in [0, 0.1) is 0 Å². The van der Waals surface area contributed by atoms with E-state index in [4.69, 9.17) is 20.1 Å². The van der Waals surface area contributed by atoms with Crippen LogP contribution in [0.15, 0.2) is 0 Å². The first kappa shape index (κ1) is 14.8. The minimum Gasteiger partial charge on any atom is -0.396 e. The van der Waals surface area contributed by atoms with Crippen molar-refractivity contribution in [2.45, 2.75) is 44.6 Å². The summed E-state index contributed by atoms with van der Waals surface area (Å²) in [5, 5.41) is 26.0. The Balaban J connectivity index is 2.92. The van der Waals surface area contributed by atoms with Gasteiger partial charge in [-0.2, -0.15) is 0 Å². The Labute approximate surface area is 91.9 Å². The zero-order valence-corrected chi connectivity index (χ0v) is 9.40. The van der Waals surface area contributed by atoms with Crippen LogP contribution in [0.5, 0.6) is 0 Å². The Hall–Kier alpha value is -0.160. The fourth-order valence-electron chi connectivity index (χ4n) is 1.30. The normalized spacial score (nSPS) is 13.0. The van der Waals surface area contributed by atoms with Crippen molar-refractivity contribution in [1.82, 2.24) is 0 Å². The van der Waals surface area contributed by atoms with E-state index in [1.54, 1.807) is 0 Å². The molecule has 0 bridgehead atoms. The topological polar surface area (TPSA) is 69.9 Å². The molecule has 4 nitrogen and oxygen atoms in total. The van der Waals surface area contributed by atoms with E-state index in [0.29, 0.717) is 13.2 Å². The van der Waals surface area contributed by atoms with E-state index in [1.165, 1.54) is 12.8 Å². The average molecular weight is 220 g/mol. The molecule has 0 aliphatic heterocycles. The second-order valence-corrected chi connectivity index (χ2v) is 3.76. The highest BCUT2D eigenvalue weighted by Crippen LogP contribution is 2.05. The van der Waals surface area contributed by atoms with Gasteiger partial charge in [0.15, 0.2) is 0 Å². The quantitative estimate of drug-likeness (QED) is 0.448. The smallest absolute Gasteiger partial charge is 0.100 e. The molecule has 1 atom stereocenters. The van der Waals surface area contributed by atoms with Crippen LogP contribution in [0.4, 0.5) is 0 Å². The van der Waals surface area contributed by atoms with Gasteiger partial charge < -0.3 is 20.1 Å². The monoisotopic (exact) mass is 220 g/mol. The van der Waals surface area contributed by atoms with Gasteiger partial charge in [0.2, 0.25) is 0 Å². The molecule has 15 heavy (non-hydrogen) atoms. The molecule has 92 valence electrons. The molecule has 0 radical (unpaired) electrons. The van der Waals surface area contributed by atoms with E-state index in [-0.39, 0.29) is 13.2 Å². The van der Waals surface area contributed by atoms with Gasteiger partial charge in [0, 0.05) is 13.2 Å². The van der Waals surface area contributed by atoms with Crippen LogP contribution in [0.25, 0.3) is 0 Å². The highest BCUT2D eigenvalue weighted by molar-refractivity contribution is 4.49. The summed E-state index contributed by atoms with van der Waals surface area (Å²) in [6, 6.07) is 0. The zero-order valence-electron chi connectivity index (χ0n) is 9.40. The average Bonchev–Trinajstić information content (AvgIpc) is 2.26. The van der Waals surface area contributed by atoms with Crippen molar-refractivity contribution in [2.24, 2.45) is 0 Å². The number of rotatable bonds is 11. The van der Waals surface area contributed by atoms with E-state index in [1.807, 2.05) is 0 Å². The maximum Gasteiger partial charge on any atom is 0.100 e. The lowest BCUT2D eigenvalue weighted by Crippen LogP contribution is -2.19. The highest BCUT2D eigenvalue weighted by atomic mass is 16.5. The largest absolute Gasteiger partial charge is 0.396 e. The van der Waals surface area contributed by atoms with Gasteiger partial charge in [0.1, 0.15) is 6.10 Å². The molecule has 0 aromatic carbocycles. The van der Waals surface area contributed by atoms with Crippen molar-refractivity contribution in [3.8, 4) is 0 Å². The van der Waals surface area contributed by atoms with E-state index in [2.05, 4.69) is 0 Å². The molecule has 0 rings (SSSR count). The van der Waals surface area contributed by atoms with Gasteiger partial charge in [-0.25, -0.2) is 0 Å². The van der Waals surface area contributed by atoms with Gasteiger partial charge in [-0.1, -0.05) is 25.7 Å². The summed E-state index contributed by atoms with van der Waals surface area (Å²) in [7, 11) is 0. The molecular formula is C11H24O4. The summed E-state index contributed by atoms with van der Waals surface area (Å²) in [5.74, 6) is 0. The van der Waals surface area contributed by atoms with E-state index < -0.39 is 6.10 Å². The van der Waals surface area contributed by atoms with Crippen LogP contribution < -0.4 is 0 Å². The number of hydrogen-bond acceptors (Lipinski definition) is 4. The molecule has 0 saturated carbocycles. The van der Waals surface area contributed by atoms with Crippen LogP contribution >= 0.6 is 0 Å². The maximum absolute atomic E-state index is 8.96. The van der Waals surface area contributed by atoms with Gasteiger partial charge in [0.25, 0.3) is 0 Å². The Morgan fingerprint density at radius 2 is 1.47 bits per heavy atom. The SMILES string of the molecule is OCCCCCCCCOCC(O)CO. The fourth-order valence-corrected chi connectivity index (χ4v) is 1.30. The molecule has 0 heterocycles. The van der Waals surface area contributed by atoms with E-state index in [9.17, 15) is 0 Å². The number of ether oxygens (including phenoxy) is 1. The summed E-state index contributed by atoms with van der Waals surface area (Å²) >= 11 is 0. The lowest BCUT2D eigenvalue weighted by Gasteiger charge is -2.07. The van der Waals surface area contributed by atoms with Gasteiger partial charge in [0.05, 0.1) is 13.2 Å². The molecule has 0 aromatic heterocycles. The predicted octanol–water partition coefficient (Wildman–Crippen LogP) is 0.689. The molecule has 1 unspecified atom stereocenters. The Kier molecular flexibility index (Phi) is 11.8. The van der Waals surface area contributed by atoms with Crippen molar-refractivity contribution < 1.29 is 20.1 Å². The third-order valence-electron chi connectivity index (χ3n) is 2.22. The molecular weight excluding hydrogens is 196 g/mol. The van der Waals surface area contributed by atoms with Crippen molar-refractivity contribution in [2.75, 3.05) is 26.4 Å². The highest BCUT2D eigenvalue weighted by Gasteiger charge is 2.00. The van der Waals surface area contributed by atoms with E-state index >= 15 is 0 Å². The standard InChI is InChI=1S/C11H24O4/c12-7-5-3-1-2-4-6-8-15-10-11(14)9-13/h11-14H,1-10H2. The first-order valence-electron chi connectivity index (χ1n) is 5.78. The van der Waals surface area contributed by atoms with Gasteiger partial charge in [-0.15, -0.1) is 0 Å². The molecule has 0 spiro atoms. The second-order valence-electron chi connectivity index (χ2n) is 3.76. The molecule has 0 fully saturated rings. The van der Waals surface area contributed by atoms with Crippen molar-refractivity contribution >= 4 is 0 Å². The van der Waals surface area contributed by atoms with Crippen LogP contribution in [-0.2, 0) is 4.74 Å². The summed E-state index contributed by atoms with van der Waals surface area (Å²) < 4.78 is 5.16. The zero-order chi connectivity index (χ0) is 11.4. The summed E-state index contributed by atoms with van der Waals surface area (Å²) in [4.78, 5) is 0. The molecule has 3 N–H and O–H groups in total. The first-order chi connectivity index (χ1) is 7.31. The molecule has 0 aliphatic carbocycles. The van der Waals surface area contributed by atoms with Crippen molar-refractivity contribution in [1.29, 1.82) is 0 Å². The number of hydrogen-bond donors (Lipinski definition) is 3. The molecule has 4 heteroatoms. The predicted molar refractivity (Wildman–Crippen MR) is 58.7 cm³/mol. The lowest BCUT2D eigenvalue weighted by atomic mass is 10.1. The summed E-state index contributed by atoms with van der Waals surface area (Å²) in [6.07, 6.45) is 5.72. The fraction of sp³-hybridized carbons (Fsp3) is 1.00. The van der Waals surface area contributed by atoms with Crippen LogP contribution in [-0.4, -0.2) is 47.9 Å². The minimum absolute atomic E-state index is 0.223. The van der Waals surface area contributed by atoms with Crippen LogP contribution in [0.1, 0.15) is 38.5 Å². The summed E-state index contributed by atoms with van der Waals surface area (Å²) in [5.41, 5.74) is 0. The number of aliphatic hydroxyl groups excluding tert-OH is 3. The van der Waals surface area contributed by atoms with E-state index in [0.717, 1.165) is 25.7 Å². The third kappa shape index (κ3) is 11.8. The maximum atomic E-state index is 8.96. The molecule has 0 saturated heterocycles. The van der Waals surface area contributed by atoms with Crippen molar-refractivity contribution in [3.05, 3.63) is 0 Å². The third-order valence-corrected chi connectivity index (χ3v) is 2.22. The summed E-state index contributed by atoms with van der Waals surface area (Å²) in [6.45, 7) is 0.932. The van der Waals surface area contributed by atoms with Crippen LogP contribution in [0.3, 0.4) is 0 Å². The van der Waals surface area contributed by atoms with Gasteiger partial charge in [-0.05, 0) is 12.8 Å². The van der Waals surface area contributed by atoms with Crippen molar-refractivity contribution in [3.63, 3.8) is 0 Å². The second kappa shape index (κ2) is 11.9. The minimum atomic E-state index is -0.741. The number of aliphatic hydroxyl groups is 3. The Bertz CT molecular complexity index is 119.